The van der Waals surface area contributed by atoms with Crippen LogP contribution in [-0.4, -0.2) is 60.3 Å². The Kier molecular flexibility index (Phi) is 4.01. The summed E-state index contributed by atoms with van der Waals surface area (Å²) >= 11 is 0. The number of phenols is 1. The topological polar surface area (TPSA) is 35.9 Å². The van der Waals surface area contributed by atoms with Crippen LogP contribution in [0.5, 0.6) is 5.75 Å². The highest BCUT2D eigenvalue weighted by Crippen LogP contribution is 2.17. The zero-order chi connectivity index (χ0) is 13.1. The van der Waals surface area contributed by atoms with Gasteiger partial charge in [0, 0.05) is 45.4 Å². The van der Waals surface area contributed by atoms with E-state index >= 15 is 0 Å². The second-order valence-electron chi connectivity index (χ2n) is 5.50. The van der Waals surface area contributed by atoms with Crippen LogP contribution >= 0.6 is 0 Å². The molecule has 19 heavy (non-hydrogen) atoms. The van der Waals surface area contributed by atoms with E-state index in [0.29, 0.717) is 11.8 Å². The van der Waals surface area contributed by atoms with E-state index in [0.717, 1.165) is 45.9 Å². The highest BCUT2D eigenvalue weighted by Gasteiger charge is 2.26. The van der Waals surface area contributed by atoms with Gasteiger partial charge in [-0.25, -0.2) is 0 Å². The highest BCUT2D eigenvalue weighted by molar-refractivity contribution is 5.27. The molecule has 1 aromatic carbocycles. The van der Waals surface area contributed by atoms with Crippen molar-refractivity contribution in [1.82, 2.24) is 9.80 Å². The van der Waals surface area contributed by atoms with Gasteiger partial charge in [-0.15, -0.1) is 0 Å². The van der Waals surface area contributed by atoms with Crippen molar-refractivity contribution >= 4 is 0 Å². The van der Waals surface area contributed by atoms with Crippen LogP contribution in [0.2, 0.25) is 0 Å². The molecule has 2 heterocycles. The predicted octanol–water partition coefficient (Wildman–Crippen LogP) is 1.30. The molecule has 1 unspecified atom stereocenters. The van der Waals surface area contributed by atoms with Crippen molar-refractivity contribution in [2.75, 3.05) is 39.4 Å². The molecular formula is C15H22N2O2. The average molecular weight is 262 g/mol. The third kappa shape index (κ3) is 3.26. The van der Waals surface area contributed by atoms with E-state index in [9.17, 15) is 5.11 Å². The SMILES string of the molecule is Oc1cccc(CN2CCN(C3CCOC3)CC2)c1. The minimum Gasteiger partial charge on any atom is -0.508 e. The van der Waals surface area contributed by atoms with Crippen molar-refractivity contribution in [2.24, 2.45) is 0 Å². The van der Waals surface area contributed by atoms with E-state index in [1.165, 1.54) is 12.0 Å². The maximum Gasteiger partial charge on any atom is 0.115 e. The summed E-state index contributed by atoms with van der Waals surface area (Å²) in [5, 5.41) is 9.49. The number of piperazine rings is 1. The molecule has 4 nitrogen and oxygen atoms in total. The Labute approximate surface area is 114 Å². The third-order valence-electron chi connectivity index (χ3n) is 4.15. The number of benzene rings is 1. The van der Waals surface area contributed by atoms with Gasteiger partial charge in [-0.1, -0.05) is 12.1 Å². The van der Waals surface area contributed by atoms with Crippen LogP contribution < -0.4 is 0 Å². The zero-order valence-electron chi connectivity index (χ0n) is 11.3. The Morgan fingerprint density at radius 2 is 2.05 bits per heavy atom. The van der Waals surface area contributed by atoms with Gasteiger partial charge < -0.3 is 9.84 Å². The maximum absolute atomic E-state index is 9.49. The molecule has 0 aromatic heterocycles. The standard InChI is InChI=1S/C15H22N2O2/c18-15-3-1-2-13(10-15)11-16-5-7-17(8-6-16)14-4-9-19-12-14/h1-3,10,14,18H,4-9,11-12H2. The Morgan fingerprint density at radius 3 is 2.74 bits per heavy atom. The molecule has 2 saturated heterocycles. The van der Waals surface area contributed by atoms with Crippen LogP contribution in [0.4, 0.5) is 0 Å². The summed E-state index contributed by atoms with van der Waals surface area (Å²) in [6, 6.07) is 8.22. The second kappa shape index (κ2) is 5.90. The molecule has 4 heteroatoms. The fourth-order valence-corrected chi connectivity index (χ4v) is 3.01. The molecule has 1 N–H and O–H groups in total. The molecule has 2 aliphatic rings. The lowest BCUT2D eigenvalue weighted by atomic mass is 10.1. The first-order valence-electron chi connectivity index (χ1n) is 7.13. The summed E-state index contributed by atoms with van der Waals surface area (Å²) < 4.78 is 5.46. The first kappa shape index (κ1) is 12.9. The largest absolute Gasteiger partial charge is 0.508 e. The van der Waals surface area contributed by atoms with Gasteiger partial charge in [-0.3, -0.25) is 9.80 Å². The summed E-state index contributed by atoms with van der Waals surface area (Å²) in [5.74, 6) is 0.360. The molecule has 0 amide bonds. The van der Waals surface area contributed by atoms with Crippen LogP contribution in [0.25, 0.3) is 0 Å². The number of ether oxygens (including phenoxy) is 1. The molecule has 1 atom stereocenters. The van der Waals surface area contributed by atoms with E-state index in [1.807, 2.05) is 12.1 Å². The van der Waals surface area contributed by atoms with Crippen molar-refractivity contribution in [1.29, 1.82) is 0 Å². The van der Waals surface area contributed by atoms with Crippen molar-refractivity contribution < 1.29 is 9.84 Å². The molecule has 0 spiro atoms. The minimum atomic E-state index is 0.360. The van der Waals surface area contributed by atoms with Gasteiger partial charge >= 0.3 is 0 Å². The van der Waals surface area contributed by atoms with Crippen molar-refractivity contribution in [3.05, 3.63) is 29.8 Å². The van der Waals surface area contributed by atoms with Crippen LogP contribution in [-0.2, 0) is 11.3 Å². The normalized spacial score (nSPS) is 25.8. The van der Waals surface area contributed by atoms with E-state index < -0.39 is 0 Å². The molecule has 0 radical (unpaired) electrons. The van der Waals surface area contributed by atoms with Crippen LogP contribution in [0.1, 0.15) is 12.0 Å². The molecule has 2 aliphatic heterocycles. The maximum atomic E-state index is 9.49. The van der Waals surface area contributed by atoms with E-state index in [2.05, 4.69) is 15.9 Å². The Morgan fingerprint density at radius 1 is 1.21 bits per heavy atom. The highest BCUT2D eigenvalue weighted by atomic mass is 16.5. The second-order valence-corrected chi connectivity index (χ2v) is 5.50. The molecule has 2 fully saturated rings. The van der Waals surface area contributed by atoms with Crippen LogP contribution in [0.3, 0.4) is 0 Å². The van der Waals surface area contributed by atoms with Gasteiger partial charge in [-0.2, -0.15) is 0 Å². The third-order valence-corrected chi connectivity index (χ3v) is 4.15. The lowest BCUT2D eigenvalue weighted by molar-refractivity contribution is 0.0814. The van der Waals surface area contributed by atoms with Gasteiger partial charge in [0.15, 0.2) is 0 Å². The summed E-state index contributed by atoms with van der Waals surface area (Å²) in [4.78, 5) is 5.02. The first-order chi connectivity index (χ1) is 9.31. The van der Waals surface area contributed by atoms with E-state index in [4.69, 9.17) is 4.74 Å². The van der Waals surface area contributed by atoms with E-state index in [1.54, 1.807) is 6.07 Å². The van der Waals surface area contributed by atoms with Crippen molar-refractivity contribution in [2.45, 2.75) is 19.0 Å². The Hall–Kier alpha value is -1.10. The van der Waals surface area contributed by atoms with Gasteiger partial charge in [0.25, 0.3) is 0 Å². The predicted molar refractivity (Wildman–Crippen MR) is 74.2 cm³/mol. The molecule has 104 valence electrons. The fourth-order valence-electron chi connectivity index (χ4n) is 3.01. The molecular weight excluding hydrogens is 240 g/mol. The number of phenolic OH excluding ortho intramolecular Hbond substituents is 1. The summed E-state index contributed by atoms with van der Waals surface area (Å²) in [7, 11) is 0. The fraction of sp³-hybridized carbons (Fsp3) is 0.600. The number of nitrogens with zero attached hydrogens (tertiary/aromatic N) is 2. The zero-order valence-corrected chi connectivity index (χ0v) is 11.3. The quantitative estimate of drug-likeness (QED) is 0.890. The molecule has 0 saturated carbocycles. The lowest BCUT2D eigenvalue weighted by Gasteiger charge is -2.37. The van der Waals surface area contributed by atoms with Gasteiger partial charge in [0.2, 0.25) is 0 Å². The number of hydrogen-bond acceptors (Lipinski definition) is 4. The molecule has 3 rings (SSSR count). The van der Waals surface area contributed by atoms with Crippen molar-refractivity contribution in [3.8, 4) is 5.75 Å². The molecule has 1 aromatic rings. The first-order valence-corrected chi connectivity index (χ1v) is 7.13. The van der Waals surface area contributed by atoms with E-state index in [-0.39, 0.29) is 0 Å². The summed E-state index contributed by atoms with van der Waals surface area (Å²) in [6.07, 6.45) is 1.19. The number of hydrogen-bond donors (Lipinski definition) is 1. The van der Waals surface area contributed by atoms with Crippen molar-refractivity contribution in [3.63, 3.8) is 0 Å². The lowest BCUT2D eigenvalue weighted by Crippen LogP contribution is -2.50. The number of aromatic hydroxyl groups is 1. The van der Waals surface area contributed by atoms with Gasteiger partial charge in [-0.05, 0) is 24.1 Å². The molecule has 0 bridgehead atoms. The van der Waals surface area contributed by atoms with Crippen LogP contribution in [0, 0.1) is 0 Å². The smallest absolute Gasteiger partial charge is 0.115 e. The van der Waals surface area contributed by atoms with Crippen LogP contribution in [0.15, 0.2) is 24.3 Å². The summed E-state index contributed by atoms with van der Waals surface area (Å²) in [5.41, 5.74) is 1.19. The Bertz CT molecular complexity index is 410. The monoisotopic (exact) mass is 262 g/mol. The number of rotatable bonds is 3. The minimum absolute atomic E-state index is 0.360. The molecule has 0 aliphatic carbocycles. The van der Waals surface area contributed by atoms with Gasteiger partial charge in [0.05, 0.1) is 6.61 Å². The van der Waals surface area contributed by atoms with Gasteiger partial charge in [0.1, 0.15) is 5.75 Å². The summed E-state index contributed by atoms with van der Waals surface area (Å²) in [6.45, 7) is 7.24. The average Bonchev–Trinajstić information content (AvgIpc) is 2.94. The Balaban J connectivity index is 1.50.